The number of hydrogen-bond acceptors (Lipinski definition) is 3. The van der Waals surface area contributed by atoms with Gasteiger partial charge in [0.15, 0.2) is 0 Å². The third kappa shape index (κ3) is 3.67. The minimum atomic E-state index is 0.443. The van der Waals surface area contributed by atoms with Crippen molar-refractivity contribution in [2.24, 2.45) is 11.7 Å². The normalized spacial score (nSPS) is 34.2. The molecule has 0 aromatic heterocycles. The number of fused-ring (bicyclic) bond motifs is 2. The zero-order chi connectivity index (χ0) is 12.3. The summed E-state index contributed by atoms with van der Waals surface area (Å²) in [6, 6.07) is 1.92. The quantitative estimate of drug-likeness (QED) is 0.747. The fraction of sp³-hybridized carbons (Fsp3) is 1.00. The molecule has 0 aromatic rings. The molecule has 2 saturated heterocycles. The lowest BCUT2D eigenvalue weighted by Gasteiger charge is -2.48. The Morgan fingerprint density at radius 1 is 1.24 bits per heavy atom. The highest BCUT2D eigenvalue weighted by Gasteiger charge is 2.36. The molecule has 0 saturated carbocycles. The van der Waals surface area contributed by atoms with Crippen LogP contribution in [0.3, 0.4) is 0 Å². The van der Waals surface area contributed by atoms with E-state index in [9.17, 15) is 0 Å². The van der Waals surface area contributed by atoms with Gasteiger partial charge >= 0.3 is 0 Å². The first-order valence-corrected chi connectivity index (χ1v) is 7.26. The Balaban J connectivity index is 1.75. The van der Waals surface area contributed by atoms with Gasteiger partial charge in [-0.3, -0.25) is 4.90 Å². The van der Waals surface area contributed by atoms with Crippen molar-refractivity contribution in [2.45, 2.75) is 64.1 Å². The second-order valence-electron chi connectivity index (χ2n) is 6.18. The molecular formula is C14H28N2O. The van der Waals surface area contributed by atoms with Gasteiger partial charge in [-0.25, -0.2) is 0 Å². The summed E-state index contributed by atoms with van der Waals surface area (Å²) in [5, 5.41) is 0. The van der Waals surface area contributed by atoms with Crippen LogP contribution in [0.2, 0.25) is 0 Å². The summed E-state index contributed by atoms with van der Waals surface area (Å²) in [5.41, 5.74) is 6.12. The molecule has 2 heterocycles. The first-order chi connectivity index (χ1) is 8.16. The Labute approximate surface area is 106 Å². The minimum Gasteiger partial charge on any atom is -0.380 e. The van der Waals surface area contributed by atoms with Gasteiger partial charge in [0.1, 0.15) is 0 Å². The number of ether oxygens (including phenoxy) is 1. The molecule has 100 valence electrons. The van der Waals surface area contributed by atoms with E-state index in [1.807, 2.05) is 0 Å². The maximum atomic E-state index is 6.12. The number of hydrogen-bond donors (Lipinski definition) is 1. The Bertz CT molecular complexity index is 218. The predicted octanol–water partition coefficient (Wildman–Crippen LogP) is 2.00. The molecule has 2 fully saturated rings. The SMILES string of the molecule is CC(C)COCCN1C2CCCC1CC(N)C2. The highest BCUT2D eigenvalue weighted by Crippen LogP contribution is 2.32. The molecule has 2 aliphatic rings. The zero-order valence-electron chi connectivity index (χ0n) is 11.4. The van der Waals surface area contributed by atoms with Crippen molar-refractivity contribution in [2.75, 3.05) is 19.8 Å². The molecular weight excluding hydrogens is 212 g/mol. The number of nitrogens with zero attached hydrogens (tertiary/aromatic N) is 1. The van der Waals surface area contributed by atoms with E-state index in [4.69, 9.17) is 10.5 Å². The third-order valence-electron chi connectivity index (χ3n) is 4.11. The first-order valence-electron chi connectivity index (χ1n) is 7.26. The Morgan fingerprint density at radius 2 is 1.88 bits per heavy atom. The van der Waals surface area contributed by atoms with E-state index < -0.39 is 0 Å². The molecule has 2 atom stereocenters. The van der Waals surface area contributed by atoms with Crippen LogP contribution in [-0.2, 0) is 4.74 Å². The van der Waals surface area contributed by atoms with Crippen LogP contribution in [0.25, 0.3) is 0 Å². The van der Waals surface area contributed by atoms with Gasteiger partial charge in [-0.05, 0) is 31.6 Å². The average Bonchev–Trinajstić information content (AvgIpc) is 2.24. The van der Waals surface area contributed by atoms with E-state index in [0.717, 1.165) is 31.8 Å². The van der Waals surface area contributed by atoms with Crippen LogP contribution in [0.1, 0.15) is 46.0 Å². The smallest absolute Gasteiger partial charge is 0.0593 e. The number of piperidine rings is 2. The van der Waals surface area contributed by atoms with Crippen LogP contribution < -0.4 is 5.73 Å². The number of rotatable bonds is 5. The van der Waals surface area contributed by atoms with Crippen molar-refractivity contribution in [1.29, 1.82) is 0 Å². The largest absolute Gasteiger partial charge is 0.380 e. The summed E-state index contributed by atoms with van der Waals surface area (Å²) in [7, 11) is 0. The maximum absolute atomic E-state index is 6.12. The summed E-state index contributed by atoms with van der Waals surface area (Å²) in [5.74, 6) is 0.643. The van der Waals surface area contributed by atoms with E-state index in [2.05, 4.69) is 18.7 Å². The zero-order valence-corrected chi connectivity index (χ0v) is 11.4. The highest BCUT2D eigenvalue weighted by atomic mass is 16.5. The summed E-state index contributed by atoms with van der Waals surface area (Å²) < 4.78 is 5.72. The summed E-state index contributed by atoms with van der Waals surface area (Å²) in [6.45, 7) is 7.29. The van der Waals surface area contributed by atoms with Gasteiger partial charge in [0.05, 0.1) is 6.61 Å². The summed E-state index contributed by atoms with van der Waals surface area (Å²) in [6.07, 6.45) is 6.47. The van der Waals surface area contributed by atoms with Gasteiger partial charge in [0.2, 0.25) is 0 Å². The van der Waals surface area contributed by atoms with E-state index in [1.54, 1.807) is 0 Å². The Kier molecular flexibility index (Phi) is 4.83. The van der Waals surface area contributed by atoms with Crippen LogP contribution in [0.5, 0.6) is 0 Å². The predicted molar refractivity (Wildman–Crippen MR) is 71.0 cm³/mol. The molecule has 2 rings (SSSR count). The van der Waals surface area contributed by atoms with Gasteiger partial charge in [0, 0.05) is 31.3 Å². The van der Waals surface area contributed by atoms with Crippen LogP contribution in [0.15, 0.2) is 0 Å². The van der Waals surface area contributed by atoms with Gasteiger partial charge in [-0.1, -0.05) is 20.3 Å². The molecule has 2 bridgehead atoms. The number of nitrogens with two attached hydrogens (primary N) is 1. The molecule has 0 aliphatic carbocycles. The lowest BCUT2D eigenvalue weighted by molar-refractivity contribution is 0.000694. The molecule has 3 nitrogen and oxygen atoms in total. The van der Waals surface area contributed by atoms with Crippen LogP contribution in [-0.4, -0.2) is 42.8 Å². The average molecular weight is 240 g/mol. The Hall–Kier alpha value is -0.120. The second kappa shape index (κ2) is 6.17. The van der Waals surface area contributed by atoms with E-state index in [-0.39, 0.29) is 0 Å². The molecule has 0 amide bonds. The standard InChI is InChI=1S/C14H28N2O/c1-11(2)10-17-7-6-16-13-4-3-5-14(16)9-12(15)8-13/h11-14H,3-10,15H2,1-2H3. The van der Waals surface area contributed by atoms with Gasteiger partial charge in [0.25, 0.3) is 0 Å². The third-order valence-corrected chi connectivity index (χ3v) is 4.11. The van der Waals surface area contributed by atoms with Crippen molar-refractivity contribution < 1.29 is 4.74 Å². The van der Waals surface area contributed by atoms with Crippen molar-refractivity contribution >= 4 is 0 Å². The van der Waals surface area contributed by atoms with Crippen LogP contribution >= 0.6 is 0 Å². The summed E-state index contributed by atoms with van der Waals surface area (Å²) in [4.78, 5) is 2.67. The fourth-order valence-corrected chi connectivity index (χ4v) is 3.37. The molecule has 0 radical (unpaired) electrons. The molecule has 0 aromatic carbocycles. The lowest BCUT2D eigenvalue weighted by Crippen LogP contribution is -2.56. The molecule has 2 N–H and O–H groups in total. The van der Waals surface area contributed by atoms with Gasteiger partial charge in [-0.15, -0.1) is 0 Å². The van der Waals surface area contributed by atoms with E-state index >= 15 is 0 Å². The van der Waals surface area contributed by atoms with Crippen LogP contribution in [0.4, 0.5) is 0 Å². The minimum absolute atomic E-state index is 0.443. The molecule has 17 heavy (non-hydrogen) atoms. The molecule has 3 heteroatoms. The van der Waals surface area contributed by atoms with Crippen molar-refractivity contribution in [3.63, 3.8) is 0 Å². The van der Waals surface area contributed by atoms with E-state index in [0.29, 0.717) is 12.0 Å². The van der Waals surface area contributed by atoms with E-state index in [1.165, 1.54) is 32.1 Å². The van der Waals surface area contributed by atoms with Gasteiger partial charge < -0.3 is 10.5 Å². The lowest BCUT2D eigenvalue weighted by atomic mass is 9.82. The van der Waals surface area contributed by atoms with Crippen molar-refractivity contribution in [1.82, 2.24) is 4.90 Å². The highest BCUT2D eigenvalue weighted by molar-refractivity contribution is 4.93. The summed E-state index contributed by atoms with van der Waals surface area (Å²) >= 11 is 0. The topological polar surface area (TPSA) is 38.5 Å². The molecule has 2 aliphatic heterocycles. The molecule has 0 spiro atoms. The maximum Gasteiger partial charge on any atom is 0.0593 e. The van der Waals surface area contributed by atoms with Gasteiger partial charge in [-0.2, -0.15) is 0 Å². The second-order valence-corrected chi connectivity index (χ2v) is 6.18. The van der Waals surface area contributed by atoms with Crippen molar-refractivity contribution in [3.05, 3.63) is 0 Å². The molecule has 2 unspecified atom stereocenters. The first kappa shape index (κ1) is 13.3. The Morgan fingerprint density at radius 3 is 2.47 bits per heavy atom. The monoisotopic (exact) mass is 240 g/mol. The van der Waals surface area contributed by atoms with Crippen LogP contribution in [0, 0.1) is 5.92 Å². The fourth-order valence-electron chi connectivity index (χ4n) is 3.37. The van der Waals surface area contributed by atoms with Crippen molar-refractivity contribution in [3.8, 4) is 0 Å².